The van der Waals surface area contributed by atoms with Crippen molar-refractivity contribution in [2.75, 3.05) is 57.8 Å². The molecule has 1 aromatic rings. The molecule has 0 aromatic heterocycles. The van der Waals surface area contributed by atoms with Crippen LogP contribution in [0.25, 0.3) is 0 Å². The van der Waals surface area contributed by atoms with Gasteiger partial charge in [0, 0.05) is 61.9 Å². The van der Waals surface area contributed by atoms with Crippen LogP contribution in [0.2, 0.25) is 5.02 Å². The molecule has 1 saturated carbocycles. The monoisotopic (exact) mass is 476 g/mol. The molecule has 2 heterocycles. The summed E-state index contributed by atoms with van der Waals surface area (Å²) in [7, 11) is 0. The molecule has 1 aromatic carbocycles. The lowest BCUT2D eigenvalue weighted by atomic mass is 10.0. The predicted molar refractivity (Wildman–Crippen MR) is 130 cm³/mol. The van der Waals surface area contributed by atoms with Gasteiger partial charge in [-0.15, -0.1) is 0 Å². The molecule has 2 saturated heterocycles. The average Bonchev–Trinajstić information content (AvgIpc) is 3.32. The van der Waals surface area contributed by atoms with E-state index < -0.39 is 0 Å². The average molecular weight is 477 g/mol. The zero-order valence-electron chi connectivity index (χ0n) is 19.9. The third kappa shape index (κ3) is 6.27. The summed E-state index contributed by atoms with van der Waals surface area (Å²) in [6, 6.07) is 4.03. The summed E-state index contributed by atoms with van der Waals surface area (Å²) in [5.74, 6) is 0.558. The van der Waals surface area contributed by atoms with Crippen LogP contribution in [0.15, 0.2) is 12.1 Å². The van der Waals surface area contributed by atoms with Crippen molar-refractivity contribution in [1.29, 1.82) is 0 Å². The van der Waals surface area contributed by atoms with Crippen LogP contribution in [-0.2, 0) is 20.9 Å². The molecule has 0 radical (unpaired) electrons. The van der Waals surface area contributed by atoms with Gasteiger partial charge < -0.3 is 15.0 Å². The predicted octanol–water partition coefficient (Wildman–Crippen LogP) is 3.14. The Morgan fingerprint density at radius 3 is 2.52 bits per heavy atom. The van der Waals surface area contributed by atoms with Gasteiger partial charge in [-0.3, -0.25) is 19.4 Å². The highest BCUT2D eigenvalue weighted by Gasteiger charge is 2.33. The van der Waals surface area contributed by atoms with E-state index in [-0.39, 0.29) is 17.9 Å². The van der Waals surface area contributed by atoms with Gasteiger partial charge in [-0.25, -0.2) is 0 Å². The van der Waals surface area contributed by atoms with E-state index in [2.05, 4.69) is 26.9 Å². The van der Waals surface area contributed by atoms with Gasteiger partial charge in [-0.05, 0) is 49.9 Å². The Kier molecular flexibility index (Phi) is 8.28. The first-order chi connectivity index (χ1) is 15.9. The van der Waals surface area contributed by atoms with Crippen LogP contribution < -0.4 is 5.32 Å². The molecule has 0 bridgehead atoms. The summed E-state index contributed by atoms with van der Waals surface area (Å²) in [4.78, 5) is 32.1. The molecule has 2 amide bonds. The highest BCUT2D eigenvalue weighted by Crippen LogP contribution is 2.29. The second-order valence-corrected chi connectivity index (χ2v) is 10.2. The zero-order valence-corrected chi connectivity index (χ0v) is 20.7. The van der Waals surface area contributed by atoms with Crippen molar-refractivity contribution >= 4 is 29.1 Å². The summed E-state index contributed by atoms with van der Waals surface area (Å²) in [5, 5.41) is 3.69. The molecule has 1 atom stereocenters. The summed E-state index contributed by atoms with van der Waals surface area (Å²) < 4.78 is 5.36. The van der Waals surface area contributed by atoms with Crippen LogP contribution in [-0.4, -0.2) is 85.0 Å². The largest absolute Gasteiger partial charge is 0.379 e. The number of halogens is 1. The number of amides is 2. The van der Waals surface area contributed by atoms with Crippen LogP contribution in [0, 0.1) is 12.8 Å². The lowest BCUT2D eigenvalue weighted by Crippen LogP contribution is -2.54. The van der Waals surface area contributed by atoms with Gasteiger partial charge >= 0.3 is 0 Å². The van der Waals surface area contributed by atoms with E-state index in [0.29, 0.717) is 30.7 Å². The summed E-state index contributed by atoms with van der Waals surface area (Å²) in [6.07, 6.45) is 4.47. The van der Waals surface area contributed by atoms with Crippen molar-refractivity contribution in [1.82, 2.24) is 14.7 Å². The number of hydrogen-bond acceptors (Lipinski definition) is 5. The Labute approximate surface area is 202 Å². The number of hydrogen-bond donors (Lipinski definition) is 1. The van der Waals surface area contributed by atoms with Crippen molar-refractivity contribution in [3.05, 3.63) is 28.3 Å². The molecule has 8 heteroatoms. The van der Waals surface area contributed by atoms with E-state index in [1.165, 1.54) is 12.8 Å². The Hall–Kier alpha value is -1.67. The van der Waals surface area contributed by atoms with Crippen LogP contribution in [0.3, 0.4) is 0 Å². The van der Waals surface area contributed by atoms with Gasteiger partial charge in [-0.1, -0.05) is 24.4 Å². The van der Waals surface area contributed by atoms with Gasteiger partial charge in [0.15, 0.2) is 0 Å². The van der Waals surface area contributed by atoms with E-state index in [4.69, 9.17) is 16.3 Å². The lowest BCUT2D eigenvalue weighted by Gasteiger charge is -2.41. The first-order valence-electron chi connectivity index (χ1n) is 12.3. The number of benzene rings is 1. The number of nitrogens with one attached hydrogen (secondary N) is 1. The molecule has 4 rings (SSSR count). The second kappa shape index (κ2) is 11.2. The first-order valence-corrected chi connectivity index (χ1v) is 12.7. The third-order valence-electron chi connectivity index (χ3n) is 7.32. The van der Waals surface area contributed by atoms with Gasteiger partial charge in [-0.2, -0.15) is 0 Å². The molecule has 1 N–H and O–H groups in total. The summed E-state index contributed by atoms with van der Waals surface area (Å²) in [6.45, 7) is 10.7. The topological polar surface area (TPSA) is 65.1 Å². The number of carbonyl (C=O) groups excluding carboxylic acids is 2. The van der Waals surface area contributed by atoms with E-state index in [1.54, 1.807) is 0 Å². The fraction of sp³-hybridized carbons (Fsp3) is 0.680. The standard InChI is InChI=1S/C25H37ClN4O3/c1-18-15-29(7-8-30(18)25(32)20-5-3-4-6-20)16-21-13-22(26)14-23(19(21)2)27-24(31)17-28-9-11-33-12-10-28/h13-14,18,20H,3-12,15-17H2,1-2H3,(H,27,31). The number of ether oxygens (including phenoxy) is 1. The normalized spacial score (nSPS) is 23.1. The van der Waals surface area contributed by atoms with Crippen molar-refractivity contribution < 1.29 is 14.3 Å². The summed E-state index contributed by atoms with van der Waals surface area (Å²) in [5.41, 5.74) is 2.94. The lowest BCUT2D eigenvalue weighted by molar-refractivity contribution is -0.140. The number of carbonyl (C=O) groups is 2. The first kappa shape index (κ1) is 24.5. The quantitative estimate of drug-likeness (QED) is 0.683. The minimum Gasteiger partial charge on any atom is -0.379 e. The Morgan fingerprint density at radius 2 is 1.82 bits per heavy atom. The molecule has 3 fully saturated rings. The molecular weight excluding hydrogens is 440 g/mol. The van der Waals surface area contributed by atoms with Crippen LogP contribution in [0.1, 0.15) is 43.7 Å². The van der Waals surface area contributed by atoms with E-state index >= 15 is 0 Å². The molecule has 7 nitrogen and oxygen atoms in total. The van der Waals surface area contributed by atoms with Gasteiger partial charge in [0.1, 0.15) is 0 Å². The van der Waals surface area contributed by atoms with Crippen molar-refractivity contribution in [2.24, 2.45) is 5.92 Å². The van der Waals surface area contributed by atoms with Crippen molar-refractivity contribution in [2.45, 2.75) is 52.1 Å². The molecule has 1 aliphatic carbocycles. The number of rotatable bonds is 6. The van der Waals surface area contributed by atoms with Crippen LogP contribution in [0.4, 0.5) is 5.69 Å². The Morgan fingerprint density at radius 1 is 1.09 bits per heavy atom. The maximum absolute atomic E-state index is 12.9. The zero-order chi connectivity index (χ0) is 23.4. The van der Waals surface area contributed by atoms with E-state index in [1.807, 2.05) is 19.1 Å². The molecule has 0 spiro atoms. The smallest absolute Gasteiger partial charge is 0.238 e. The fourth-order valence-corrected chi connectivity index (χ4v) is 5.57. The molecular formula is C25H37ClN4O3. The van der Waals surface area contributed by atoms with E-state index in [0.717, 1.165) is 68.9 Å². The molecule has 2 aliphatic heterocycles. The number of nitrogens with zero attached hydrogens (tertiary/aromatic N) is 3. The summed E-state index contributed by atoms with van der Waals surface area (Å²) >= 11 is 6.43. The van der Waals surface area contributed by atoms with Gasteiger partial charge in [0.2, 0.25) is 11.8 Å². The highest BCUT2D eigenvalue weighted by atomic mass is 35.5. The second-order valence-electron chi connectivity index (χ2n) is 9.77. The number of morpholine rings is 1. The van der Waals surface area contributed by atoms with Crippen LogP contribution in [0.5, 0.6) is 0 Å². The van der Waals surface area contributed by atoms with Crippen molar-refractivity contribution in [3.63, 3.8) is 0 Å². The minimum absolute atomic E-state index is 0.0270. The van der Waals surface area contributed by atoms with Crippen molar-refractivity contribution in [3.8, 4) is 0 Å². The maximum atomic E-state index is 12.9. The van der Waals surface area contributed by atoms with Gasteiger partial charge in [0.25, 0.3) is 0 Å². The van der Waals surface area contributed by atoms with E-state index in [9.17, 15) is 9.59 Å². The third-order valence-corrected chi connectivity index (χ3v) is 7.54. The Balaban J connectivity index is 1.35. The molecule has 3 aliphatic rings. The number of piperazine rings is 1. The molecule has 1 unspecified atom stereocenters. The molecule has 33 heavy (non-hydrogen) atoms. The number of anilines is 1. The highest BCUT2D eigenvalue weighted by molar-refractivity contribution is 6.31. The molecule has 182 valence electrons. The maximum Gasteiger partial charge on any atom is 0.238 e. The fourth-order valence-electron chi connectivity index (χ4n) is 5.33. The SMILES string of the molecule is Cc1c(CN2CCN(C(=O)C3CCCC3)C(C)C2)cc(Cl)cc1NC(=O)CN1CCOCC1. The van der Waals surface area contributed by atoms with Gasteiger partial charge in [0.05, 0.1) is 19.8 Å². The van der Waals surface area contributed by atoms with Crippen LogP contribution >= 0.6 is 11.6 Å². The Bertz CT molecular complexity index is 852. The minimum atomic E-state index is -0.0270.